The molecule has 4 nitrogen and oxygen atoms in total. The summed E-state index contributed by atoms with van der Waals surface area (Å²) in [5, 5.41) is 4.15. The number of methoxy groups -OCH3 is 1. The summed E-state index contributed by atoms with van der Waals surface area (Å²) in [6.45, 7) is 1.89. The molecule has 0 saturated carbocycles. The monoisotopic (exact) mass is 403 g/mol. The van der Waals surface area contributed by atoms with Crippen LogP contribution in [0.25, 0.3) is 0 Å². The normalized spacial score (nSPS) is 10.1. The molecule has 0 saturated heterocycles. The van der Waals surface area contributed by atoms with Crippen molar-refractivity contribution in [3.63, 3.8) is 0 Å². The van der Waals surface area contributed by atoms with Crippen LogP contribution in [-0.4, -0.2) is 12.1 Å². The van der Waals surface area contributed by atoms with Gasteiger partial charge < -0.3 is 27.2 Å². The summed E-state index contributed by atoms with van der Waals surface area (Å²) in [7, 11) is 1.65. The van der Waals surface area contributed by atoms with E-state index in [0.29, 0.717) is 18.2 Å². The Balaban J connectivity index is 0.00000261. The van der Waals surface area contributed by atoms with Crippen LogP contribution in [0, 0.1) is 0 Å². The summed E-state index contributed by atoms with van der Waals surface area (Å²) in [5.41, 5.74) is 3.29. The molecule has 0 amide bonds. The Hall–Kier alpha value is -2.27. The molecule has 0 aliphatic carbocycles. The first kappa shape index (κ1) is 21.0. The number of hydrogen-bond donors (Lipinski definition) is 1. The van der Waals surface area contributed by atoms with Gasteiger partial charge in [-0.05, 0) is 41.5 Å². The van der Waals surface area contributed by atoms with Gasteiger partial charge in [0.15, 0.2) is 11.5 Å². The third-order valence-electron chi connectivity index (χ3n) is 3.97. The Bertz CT molecular complexity index is 827. The fourth-order valence-corrected chi connectivity index (χ4v) is 2.73. The molecule has 3 aromatic rings. The number of para-hydroxylation sites is 1. The first-order chi connectivity index (χ1) is 12.8. The summed E-state index contributed by atoms with van der Waals surface area (Å²) < 4.78 is 11.5. The van der Waals surface area contributed by atoms with E-state index < -0.39 is 0 Å². The van der Waals surface area contributed by atoms with Gasteiger partial charge in [-0.3, -0.25) is 4.98 Å². The van der Waals surface area contributed by atoms with E-state index in [0.717, 1.165) is 29.2 Å². The maximum Gasteiger partial charge on any atom is 0.166 e. The molecule has 27 heavy (non-hydrogen) atoms. The van der Waals surface area contributed by atoms with Crippen molar-refractivity contribution in [2.24, 2.45) is 0 Å². The fourth-order valence-electron chi connectivity index (χ4n) is 2.60. The lowest BCUT2D eigenvalue weighted by atomic mass is 10.1. The lowest BCUT2D eigenvalue weighted by Crippen LogP contribution is -3.00. The summed E-state index contributed by atoms with van der Waals surface area (Å²) in [6, 6.07) is 17.5. The molecule has 6 heteroatoms. The minimum atomic E-state index is 0. The average molecular weight is 404 g/mol. The lowest BCUT2D eigenvalue weighted by molar-refractivity contribution is -0.00000577. The molecule has 142 valence electrons. The predicted octanol–water partition coefficient (Wildman–Crippen LogP) is 1.62. The highest BCUT2D eigenvalue weighted by molar-refractivity contribution is 6.30. The zero-order valence-electron chi connectivity index (χ0n) is 15.0. The third kappa shape index (κ3) is 6.14. The Kier molecular flexibility index (Phi) is 8.40. The smallest absolute Gasteiger partial charge is 0.166 e. The van der Waals surface area contributed by atoms with Gasteiger partial charge in [0.05, 0.1) is 7.11 Å². The summed E-state index contributed by atoms with van der Waals surface area (Å²) >= 11 is 5.94. The first-order valence-corrected chi connectivity index (χ1v) is 8.77. The van der Waals surface area contributed by atoms with Crippen LogP contribution in [0.5, 0.6) is 11.5 Å². The molecule has 1 N–H and O–H groups in total. The zero-order chi connectivity index (χ0) is 18.2. The van der Waals surface area contributed by atoms with Crippen molar-refractivity contribution >= 4 is 11.6 Å². The lowest BCUT2D eigenvalue weighted by Gasteiger charge is -2.16. The number of rotatable bonds is 8. The van der Waals surface area contributed by atoms with Gasteiger partial charge >= 0.3 is 0 Å². The highest BCUT2D eigenvalue weighted by Crippen LogP contribution is 2.32. The largest absolute Gasteiger partial charge is 1.00 e. The summed E-state index contributed by atoms with van der Waals surface area (Å²) in [5.74, 6) is 1.48. The molecule has 0 spiro atoms. The number of halogens is 2. The van der Waals surface area contributed by atoms with Crippen molar-refractivity contribution in [2.45, 2.75) is 19.7 Å². The number of nitrogens with one attached hydrogen (secondary N) is 1. The molecule has 0 radical (unpaired) electrons. The zero-order valence-corrected chi connectivity index (χ0v) is 16.5. The highest BCUT2D eigenvalue weighted by atomic mass is 35.5. The van der Waals surface area contributed by atoms with E-state index in [1.54, 1.807) is 19.5 Å². The van der Waals surface area contributed by atoms with Crippen LogP contribution in [0.2, 0.25) is 5.02 Å². The van der Waals surface area contributed by atoms with Crippen LogP contribution in [0.4, 0.5) is 0 Å². The molecule has 0 unspecified atom stereocenters. The van der Waals surface area contributed by atoms with Crippen LogP contribution in [-0.2, 0) is 19.7 Å². The number of aromatic nitrogens is 1. The standard InChI is InChI=1S/C21H21ClN2O2.ClH/c1-25-20-4-2-3-18(14-24-13-16-9-11-23-12-10-16)21(20)26-15-17-5-7-19(22)8-6-17;/h2-12,24H,13-15H2,1H3;1H/p-1. The van der Waals surface area contributed by atoms with Gasteiger partial charge in [0.1, 0.15) is 6.61 Å². The SMILES string of the molecule is COc1cccc(CNCc2ccncc2)c1OCc1ccc(Cl)cc1.[Cl-]. The van der Waals surface area contributed by atoms with Crippen LogP contribution in [0.3, 0.4) is 0 Å². The molecule has 0 aliphatic heterocycles. The maximum absolute atomic E-state index is 6.07. The molecular weight excluding hydrogens is 383 g/mol. The second kappa shape index (κ2) is 10.8. The number of ether oxygens (including phenoxy) is 2. The van der Waals surface area contributed by atoms with E-state index in [-0.39, 0.29) is 12.4 Å². The van der Waals surface area contributed by atoms with Gasteiger partial charge in [0.25, 0.3) is 0 Å². The minimum absolute atomic E-state index is 0. The van der Waals surface area contributed by atoms with Crippen LogP contribution < -0.4 is 27.2 Å². The Morgan fingerprint density at radius 1 is 0.926 bits per heavy atom. The Morgan fingerprint density at radius 3 is 2.37 bits per heavy atom. The van der Waals surface area contributed by atoms with Crippen LogP contribution in [0.15, 0.2) is 67.0 Å². The number of nitrogens with zero attached hydrogens (tertiary/aromatic N) is 1. The van der Waals surface area contributed by atoms with Crippen molar-refractivity contribution in [3.05, 3.63) is 88.7 Å². The van der Waals surface area contributed by atoms with Crippen LogP contribution >= 0.6 is 11.6 Å². The Morgan fingerprint density at radius 2 is 1.67 bits per heavy atom. The van der Waals surface area contributed by atoms with E-state index in [9.17, 15) is 0 Å². The molecule has 0 aliphatic rings. The van der Waals surface area contributed by atoms with Gasteiger partial charge in [-0.25, -0.2) is 0 Å². The second-order valence-electron chi connectivity index (χ2n) is 5.82. The summed E-state index contributed by atoms with van der Waals surface area (Å²) in [6.07, 6.45) is 3.59. The quantitative estimate of drug-likeness (QED) is 0.620. The van der Waals surface area contributed by atoms with Gasteiger partial charge in [-0.15, -0.1) is 0 Å². The van der Waals surface area contributed by atoms with E-state index in [1.807, 2.05) is 54.6 Å². The Labute approximate surface area is 170 Å². The molecule has 0 atom stereocenters. The topological polar surface area (TPSA) is 43.4 Å². The van der Waals surface area contributed by atoms with E-state index in [2.05, 4.69) is 10.3 Å². The van der Waals surface area contributed by atoms with Crippen molar-refractivity contribution < 1.29 is 21.9 Å². The molecule has 0 fully saturated rings. The van der Waals surface area contributed by atoms with E-state index in [4.69, 9.17) is 21.1 Å². The third-order valence-corrected chi connectivity index (χ3v) is 4.22. The van der Waals surface area contributed by atoms with Gasteiger partial charge in [-0.1, -0.05) is 35.9 Å². The van der Waals surface area contributed by atoms with E-state index >= 15 is 0 Å². The van der Waals surface area contributed by atoms with E-state index in [1.165, 1.54) is 5.56 Å². The molecular formula is C21H21Cl2N2O2-. The second-order valence-corrected chi connectivity index (χ2v) is 6.26. The molecule has 0 bridgehead atoms. The number of benzene rings is 2. The van der Waals surface area contributed by atoms with Gasteiger partial charge in [0, 0.05) is 36.1 Å². The van der Waals surface area contributed by atoms with Crippen molar-refractivity contribution in [3.8, 4) is 11.5 Å². The molecule has 1 aromatic heterocycles. The molecule has 2 aromatic carbocycles. The van der Waals surface area contributed by atoms with Gasteiger partial charge in [0.2, 0.25) is 0 Å². The van der Waals surface area contributed by atoms with Crippen LogP contribution in [0.1, 0.15) is 16.7 Å². The van der Waals surface area contributed by atoms with Crippen molar-refractivity contribution in [1.82, 2.24) is 10.3 Å². The summed E-state index contributed by atoms with van der Waals surface area (Å²) in [4.78, 5) is 4.03. The van der Waals surface area contributed by atoms with Crippen molar-refractivity contribution in [1.29, 1.82) is 0 Å². The first-order valence-electron chi connectivity index (χ1n) is 8.39. The highest BCUT2D eigenvalue weighted by Gasteiger charge is 2.11. The van der Waals surface area contributed by atoms with Crippen molar-refractivity contribution in [2.75, 3.05) is 7.11 Å². The fraction of sp³-hybridized carbons (Fsp3) is 0.190. The average Bonchev–Trinajstić information content (AvgIpc) is 2.69. The maximum atomic E-state index is 6.07. The molecule has 1 heterocycles. The minimum Gasteiger partial charge on any atom is -1.00 e. The molecule has 3 rings (SSSR count). The number of hydrogen-bond acceptors (Lipinski definition) is 4. The van der Waals surface area contributed by atoms with Gasteiger partial charge in [-0.2, -0.15) is 0 Å². The number of pyridine rings is 1. The predicted molar refractivity (Wildman–Crippen MR) is 104 cm³/mol.